The van der Waals surface area contributed by atoms with Crippen LogP contribution in [0, 0.1) is 0 Å². The molecule has 11 heteroatoms. The van der Waals surface area contributed by atoms with Gasteiger partial charge in [0.1, 0.15) is 24.2 Å². The number of carbonyl (C=O) groups is 3. The van der Waals surface area contributed by atoms with E-state index in [0.29, 0.717) is 48.0 Å². The molecule has 1 unspecified atom stereocenters. The fourth-order valence-electron chi connectivity index (χ4n) is 5.47. The zero-order valence-electron chi connectivity index (χ0n) is 25.6. The number of amides is 2. The lowest BCUT2D eigenvalue weighted by molar-refractivity contribution is -0.135. The molecule has 4 aromatic rings. The van der Waals surface area contributed by atoms with E-state index in [-0.39, 0.29) is 36.2 Å². The molecule has 240 valence electrons. The maximum Gasteiger partial charge on any atom is 0.331 e. The molecule has 0 aromatic heterocycles. The highest BCUT2D eigenvalue weighted by atomic mass is 35.5. The number of para-hydroxylation sites is 1. The minimum absolute atomic E-state index is 0.0511. The van der Waals surface area contributed by atoms with Gasteiger partial charge in [0.15, 0.2) is 0 Å². The monoisotopic (exact) mass is 651 g/mol. The van der Waals surface area contributed by atoms with E-state index in [4.69, 9.17) is 26.1 Å². The van der Waals surface area contributed by atoms with Crippen LogP contribution in [0.5, 0.6) is 11.5 Å². The van der Waals surface area contributed by atoms with Crippen LogP contribution in [0.4, 0.5) is 5.69 Å². The molecule has 2 heterocycles. The molecule has 0 saturated carbocycles. The van der Waals surface area contributed by atoms with E-state index < -0.39 is 5.97 Å². The van der Waals surface area contributed by atoms with Gasteiger partial charge in [-0.05, 0) is 59.9 Å². The Bertz CT molecular complexity index is 1800. The summed E-state index contributed by atoms with van der Waals surface area (Å²) in [6.45, 7) is 1.26. The highest BCUT2D eigenvalue weighted by Crippen LogP contribution is 2.31. The van der Waals surface area contributed by atoms with E-state index in [1.807, 2.05) is 36.4 Å². The first-order valence-corrected chi connectivity index (χ1v) is 15.8. The number of aliphatic imine (C=N–C) groups is 1. The Balaban J connectivity index is 1.08. The number of fused-ring (bicyclic) bond motifs is 2. The maximum atomic E-state index is 13.1. The van der Waals surface area contributed by atoms with Gasteiger partial charge in [-0.1, -0.05) is 72.3 Å². The molecule has 4 aromatic carbocycles. The normalized spacial score (nSPS) is 15.0. The van der Waals surface area contributed by atoms with Gasteiger partial charge in [0, 0.05) is 31.1 Å². The molecular weight excluding hydrogens is 618 g/mol. The zero-order chi connectivity index (χ0) is 32.6. The van der Waals surface area contributed by atoms with Crippen LogP contribution < -0.4 is 25.4 Å². The van der Waals surface area contributed by atoms with Gasteiger partial charge in [0.2, 0.25) is 11.9 Å². The molecule has 3 N–H and O–H groups in total. The fourth-order valence-corrected chi connectivity index (χ4v) is 5.64. The molecule has 10 nitrogen and oxygen atoms in total. The Morgan fingerprint density at radius 1 is 0.936 bits per heavy atom. The van der Waals surface area contributed by atoms with E-state index in [9.17, 15) is 14.4 Å². The lowest BCUT2D eigenvalue weighted by atomic mass is 9.98. The third-order valence-corrected chi connectivity index (χ3v) is 8.13. The Morgan fingerprint density at radius 2 is 1.72 bits per heavy atom. The summed E-state index contributed by atoms with van der Waals surface area (Å²) in [5, 5.41) is 9.60. The highest BCUT2D eigenvalue weighted by Gasteiger charge is 2.26. The van der Waals surface area contributed by atoms with E-state index in [2.05, 4.69) is 22.0 Å². The van der Waals surface area contributed by atoms with Crippen molar-refractivity contribution in [2.75, 3.05) is 19.7 Å². The fraction of sp³-hybridized carbons (Fsp3) is 0.222. The summed E-state index contributed by atoms with van der Waals surface area (Å²) in [7, 11) is 0. The summed E-state index contributed by atoms with van der Waals surface area (Å²) < 4.78 is 11.5. The minimum atomic E-state index is -0.560. The first kappa shape index (κ1) is 31.8. The van der Waals surface area contributed by atoms with Crippen LogP contribution in [0.3, 0.4) is 0 Å². The van der Waals surface area contributed by atoms with Crippen molar-refractivity contribution in [1.29, 1.82) is 0 Å². The second-order valence-electron chi connectivity index (χ2n) is 11.2. The number of carbonyl (C=O) groups excluding carboxylic acids is 3. The second-order valence-corrected chi connectivity index (χ2v) is 11.6. The summed E-state index contributed by atoms with van der Waals surface area (Å²) in [6, 6.07) is 29.1. The Labute approximate surface area is 277 Å². The Morgan fingerprint density at radius 3 is 2.57 bits per heavy atom. The smallest absolute Gasteiger partial charge is 0.331 e. The van der Waals surface area contributed by atoms with Gasteiger partial charge in [-0.15, -0.1) is 0 Å². The number of guanidine groups is 1. The summed E-state index contributed by atoms with van der Waals surface area (Å²) in [4.78, 5) is 45.0. The number of hydrogen-bond acceptors (Lipinski definition) is 8. The quantitative estimate of drug-likeness (QED) is 0.121. The lowest BCUT2D eigenvalue weighted by Crippen LogP contribution is -2.47. The second kappa shape index (κ2) is 14.9. The van der Waals surface area contributed by atoms with Crippen LogP contribution in [0.1, 0.15) is 46.1 Å². The molecule has 0 radical (unpaired) electrons. The molecule has 6 rings (SSSR count). The average Bonchev–Trinajstić information content (AvgIpc) is 3.08. The molecule has 47 heavy (non-hydrogen) atoms. The summed E-state index contributed by atoms with van der Waals surface area (Å²) in [5.74, 6) is 0.0549. The molecular formula is C36H34ClN5O5. The molecule has 0 aliphatic carbocycles. The SMILES string of the molecule is O=C(CCCOc1ccc2c(c1)N=C(NC(=O)c1ccccc1)N(CC(=O)Oc1ccccc1Cl)C2)NC1NCCc2ccccc21. The van der Waals surface area contributed by atoms with Crippen LogP contribution in [0.2, 0.25) is 5.02 Å². The summed E-state index contributed by atoms with van der Waals surface area (Å²) in [5.41, 5.74) is 4.23. The van der Waals surface area contributed by atoms with Crippen molar-refractivity contribution in [3.8, 4) is 11.5 Å². The van der Waals surface area contributed by atoms with Crippen LogP contribution in [0.25, 0.3) is 0 Å². The van der Waals surface area contributed by atoms with Gasteiger partial charge in [-0.25, -0.2) is 9.79 Å². The summed E-state index contributed by atoms with van der Waals surface area (Å²) >= 11 is 6.17. The van der Waals surface area contributed by atoms with Crippen molar-refractivity contribution in [2.45, 2.75) is 32.0 Å². The Hall–Kier alpha value is -5.19. The van der Waals surface area contributed by atoms with Gasteiger partial charge in [-0.3, -0.25) is 20.2 Å². The summed E-state index contributed by atoms with van der Waals surface area (Å²) in [6.07, 6.45) is 1.59. The van der Waals surface area contributed by atoms with Crippen molar-refractivity contribution in [1.82, 2.24) is 20.9 Å². The topological polar surface area (TPSA) is 121 Å². The maximum absolute atomic E-state index is 13.1. The first-order valence-electron chi connectivity index (χ1n) is 15.4. The van der Waals surface area contributed by atoms with Gasteiger partial charge < -0.3 is 19.7 Å². The number of nitrogens with one attached hydrogen (secondary N) is 3. The van der Waals surface area contributed by atoms with E-state index in [1.54, 1.807) is 59.5 Å². The number of nitrogens with zero attached hydrogens (tertiary/aromatic N) is 2. The van der Waals surface area contributed by atoms with E-state index >= 15 is 0 Å². The lowest BCUT2D eigenvalue weighted by Gasteiger charge is -2.29. The van der Waals surface area contributed by atoms with Gasteiger partial charge in [-0.2, -0.15) is 0 Å². The van der Waals surface area contributed by atoms with Gasteiger partial charge in [0.05, 0.1) is 17.3 Å². The molecule has 1 atom stereocenters. The Kier molecular flexibility index (Phi) is 10.1. The van der Waals surface area contributed by atoms with Crippen LogP contribution in [0.15, 0.2) is 102 Å². The standard InChI is InChI=1S/C36H34ClN5O5/c37-29-13-6-7-14-31(29)47-33(44)23-42-22-26-16-17-27(21-30(26)39-36(42)41-35(45)25-10-2-1-3-11-25)46-20-8-15-32(43)40-34-28-12-5-4-9-24(28)18-19-38-34/h1-7,9-14,16-17,21,34,38H,8,15,18-20,22-23H2,(H,40,43)(H,39,41,45). The largest absolute Gasteiger partial charge is 0.494 e. The number of ether oxygens (including phenoxy) is 2. The molecule has 2 aliphatic heterocycles. The number of esters is 1. The molecule has 0 spiro atoms. The first-order chi connectivity index (χ1) is 22.9. The van der Waals surface area contributed by atoms with Gasteiger partial charge >= 0.3 is 5.97 Å². The zero-order valence-corrected chi connectivity index (χ0v) is 26.3. The number of benzene rings is 4. The molecule has 0 saturated heterocycles. The van der Waals surface area contributed by atoms with E-state index in [1.165, 1.54) is 5.56 Å². The molecule has 2 aliphatic rings. The van der Waals surface area contributed by atoms with Crippen LogP contribution >= 0.6 is 11.6 Å². The molecule has 2 amide bonds. The molecule has 0 fully saturated rings. The number of halogens is 1. The molecule has 0 bridgehead atoms. The van der Waals surface area contributed by atoms with Crippen LogP contribution in [-0.2, 0) is 22.6 Å². The van der Waals surface area contributed by atoms with Crippen molar-refractivity contribution in [3.05, 3.63) is 124 Å². The third kappa shape index (κ3) is 8.16. The van der Waals surface area contributed by atoms with Crippen LogP contribution in [-0.4, -0.2) is 48.3 Å². The predicted molar refractivity (Wildman–Crippen MR) is 179 cm³/mol. The van der Waals surface area contributed by atoms with E-state index in [0.717, 1.165) is 24.1 Å². The average molecular weight is 652 g/mol. The van der Waals surface area contributed by atoms with Crippen molar-refractivity contribution >= 4 is 41.0 Å². The van der Waals surface area contributed by atoms with Crippen molar-refractivity contribution < 1.29 is 23.9 Å². The number of rotatable bonds is 10. The van der Waals surface area contributed by atoms with Crippen molar-refractivity contribution in [2.24, 2.45) is 4.99 Å². The highest BCUT2D eigenvalue weighted by molar-refractivity contribution is 6.32. The van der Waals surface area contributed by atoms with Crippen molar-refractivity contribution in [3.63, 3.8) is 0 Å². The third-order valence-electron chi connectivity index (χ3n) is 7.82. The van der Waals surface area contributed by atoms with Gasteiger partial charge in [0.25, 0.3) is 5.91 Å². The minimum Gasteiger partial charge on any atom is -0.494 e. The number of hydrogen-bond donors (Lipinski definition) is 3. The predicted octanol–water partition coefficient (Wildman–Crippen LogP) is 5.30.